The van der Waals surface area contributed by atoms with E-state index in [0.717, 1.165) is 17.7 Å². The van der Waals surface area contributed by atoms with Crippen LogP contribution in [0.1, 0.15) is 18.9 Å². The molecular weight excluding hydrogens is 304 g/mol. The summed E-state index contributed by atoms with van der Waals surface area (Å²) in [4.78, 5) is 31.8. The van der Waals surface area contributed by atoms with Crippen molar-refractivity contribution < 1.29 is 19.4 Å². The highest BCUT2D eigenvalue weighted by Gasteiger charge is 2.56. The average Bonchev–Trinajstić information content (AvgIpc) is 2.49. The fourth-order valence-corrected chi connectivity index (χ4v) is 2.36. The number of carbonyl (C=O) groups is 1. The molecule has 0 amide bonds. The number of nitro groups is 2. The molecule has 0 atom stereocenters. The molecule has 0 fully saturated rings. The minimum Gasteiger partial charge on any atom is -0.427 e. The first-order valence-electron chi connectivity index (χ1n) is 6.78. The van der Waals surface area contributed by atoms with Gasteiger partial charge in [-0.15, -0.1) is 0 Å². The second-order valence-corrected chi connectivity index (χ2v) is 5.13. The molecule has 2 rings (SSSR count). The van der Waals surface area contributed by atoms with Gasteiger partial charge in [0.15, 0.2) is 0 Å². The van der Waals surface area contributed by atoms with E-state index in [1.807, 2.05) is 6.07 Å². The quantitative estimate of drug-likeness (QED) is 0.356. The van der Waals surface area contributed by atoms with E-state index in [4.69, 9.17) is 4.74 Å². The number of nitrogens with zero attached hydrogens (tertiary/aromatic N) is 2. The Morgan fingerprint density at radius 2 is 1.83 bits per heavy atom. The number of allylic oxidation sites excluding steroid dienone is 1. The van der Waals surface area contributed by atoms with E-state index >= 15 is 0 Å². The molecule has 0 aliphatic heterocycles. The number of carbonyl (C=O) groups excluding carboxylic acids is 1. The topological polar surface area (TPSA) is 113 Å². The third-order valence-electron chi connectivity index (χ3n) is 3.47. The zero-order valence-corrected chi connectivity index (χ0v) is 12.3. The summed E-state index contributed by atoms with van der Waals surface area (Å²) in [5, 5.41) is 22.5. The number of rotatable bonds is 5. The molecule has 0 saturated heterocycles. The van der Waals surface area contributed by atoms with Gasteiger partial charge in [-0.3, -0.25) is 25.0 Å². The van der Waals surface area contributed by atoms with Gasteiger partial charge in [0.25, 0.3) is 0 Å². The van der Waals surface area contributed by atoms with Crippen LogP contribution in [0.15, 0.2) is 53.8 Å². The van der Waals surface area contributed by atoms with Crippen LogP contribution >= 0.6 is 0 Å². The summed E-state index contributed by atoms with van der Waals surface area (Å²) in [5.74, 6) is -0.467. The molecule has 0 saturated carbocycles. The molecule has 8 heteroatoms. The van der Waals surface area contributed by atoms with Gasteiger partial charge in [0.05, 0.1) is 6.08 Å². The third kappa shape index (κ3) is 3.42. The molecule has 1 aliphatic carbocycles. The van der Waals surface area contributed by atoms with Crippen molar-refractivity contribution in [1.82, 2.24) is 0 Å². The lowest BCUT2D eigenvalue weighted by Gasteiger charge is -2.21. The van der Waals surface area contributed by atoms with Crippen LogP contribution in [0.5, 0.6) is 0 Å². The Balaban J connectivity index is 2.42. The molecule has 23 heavy (non-hydrogen) atoms. The van der Waals surface area contributed by atoms with Crippen LogP contribution in [0.2, 0.25) is 0 Å². The van der Waals surface area contributed by atoms with Gasteiger partial charge < -0.3 is 4.74 Å². The summed E-state index contributed by atoms with van der Waals surface area (Å²) in [5.41, 5.74) is -1.29. The van der Waals surface area contributed by atoms with Crippen LogP contribution in [0, 0.1) is 20.2 Å². The van der Waals surface area contributed by atoms with E-state index in [1.165, 1.54) is 6.92 Å². The predicted octanol–water partition coefficient (Wildman–Crippen LogP) is 2.26. The van der Waals surface area contributed by atoms with Crippen molar-refractivity contribution in [2.24, 2.45) is 0 Å². The number of benzene rings is 1. The molecule has 1 aromatic carbocycles. The molecule has 0 unspecified atom stereocenters. The molecule has 0 aromatic heterocycles. The highest BCUT2D eigenvalue weighted by atomic mass is 16.7. The molecule has 8 nitrogen and oxygen atoms in total. The van der Waals surface area contributed by atoms with Gasteiger partial charge in [-0.1, -0.05) is 30.3 Å². The molecule has 0 spiro atoms. The Hall–Kier alpha value is -3.03. The molecule has 1 aliphatic rings. The fraction of sp³-hybridized carbons (Fsp3) is 0.267. The van der Waals surface area contributed by atoms with Crippen LogP contribution in [0.3, 0.4) is 0 Å². The van der Waals surface area contributed by atoms with E-state index in [0.29, 0.717) is 5.57 Å². The summed E-state index contributed by atoms with van der Waals surface area (Å²) >= 11 is 0. The summed E-state index contributed by atoms with van der Waals surface area (Å²) in [6, 6.07) is 8.96. The molecule has 0 bridgehead atoms. The van der Waals surface area contributed by atoms with Gasteiger partial charge in [-0.25, -0.2) is 0 Å². The maximum atomic E-state index is 11.2. The largest absolute Gasteiger partial charge is 0.481 e. The highest BCUT2D eigenvalue weighted by molar-refractivity contribution is 5.68. The monoisotopic (exact) mass is 318 g/mol. The second-order valence-electron chi connectivity index (χ2n) is 5.13. The van der Waals surface area contributed by atoms with Crippen molar-refractivity contribution in [3.8, 4) is 0 Å². The van der Waals surface area contributed by atoms with E-state index in [1.54, 1.807) is 24.3 Å². The molecule has 0 N–H and O–H groups in total. The number of hydrogen-bond acceptors (Lipinski definition) is 6. The summed E-state index contributed by atoms with van der Waals surface area (Å²) < 4.78 is 5.04. The maximum Gasteiger partial charge on any atom is 0.481 e. The lowest BCUT2D eigenvalue weighted by atomic mass is 9.90. The lowest BCUT2D eigenvalue weighted by molar-refractivity contribution is -0.780. The van der Waals surface area contributed by atoms with E-state index in [-0.39, 0.29) is 12.2 Å². The van der Waals surface area contributed by atoms with Crippen LogP contribution < -0.4 is 0 Å². The van der Waals surface area contributed by atoms with E-state index < -0.39 is 27.9 Å². The van der Waals surface area contributed by atoms with Crippen LogP contribution in [0.4, 0.5) is 0 Å². The first-order chi connectivity index (χ1) is 10.8. The van der Waals surface area contributed by atoms with Gasteiger partial charge in [0, 0.05) is 6.92 Å². The molecule has 120 valence electrons. The van der Waals surface area contributed by atoms with Gasteiger partial charge >= 0.3 is 11.6 Å². The summed E-state index contributed by atoms with van der Waals surface area (Å²) in [6.45, 7) is 1.20. The SMILES string of the molecule is CC(=O)OC1=C(Cc2ccccc2)CC([N+](=O)[O-])([N+](=O)[O-])C=C1. The minimum atomic E-state index is -2.44. The zero-order valence-electron chi connectivity index (χ0n) is 12.3. The van der Waals surface area contributed by atoms with Crippen molar-refractivity contribution in [1.29, 1.82) is 0 Å². The summed E-state index contributed by atoms with van der Waals surface area (Å²) in [7, 11) is 0. The average molecular weight is 318 g/mol. The van der Waals surface area contributed by atoms with Gasteiger partial charge in [0.2, 0.25) is 0 Å². The van der Waals surface area contributed by atoms with Crippen LogP contribution in [0.25, 0.3) is 0 Å². The first-order valence-corrected chi connectivity index (χ1v) is 6.78. The third-order valence-corrected chi connectivity index (χ3v) is 3.47. The molecule has 1 aromatic rings. The Labute approximate surface area is 131 Å². The smallest absolute Gasteiger partial charge is 0.427 e. The van der Waals surface area contributed by atoms with E-state index in [2.05, 4.69) is 0 Å². The molecular formula is C15H14N2O6. The zero-order chi connectivity index (χ0) is 17.0. The minimum absolute atomic E-state index is 0.126. The Kier molecular flexibility index (Phi) is 4.54. The fourth-order valence-electron chi connectivity index (χ4n) is 2.36. The Bertz CT molecular complexity index is 694. The highest BCUT2D eigenvalue weighted by Crippen LogP contribution is 2.32. The Morgan fingerprint density at radius 3 is 2.35 bits per heavy atom. The van der Waals surface area contributed by atoms with Crippen LogP contribution in [-0.4, -0.2) is 21.5 Å². The maximum absolute atomic E-state index is 11.2. The van der Waals surface area contributed by atoms with Crippen molar-refractivity contribution in [2.45, 2.75) is 25.4 Å². The number of ether oxygens (including phenoxy) is 1. The van der Waals surface area contributed by atoms with Gasteiger partial charge in [-0.05, 0) is 23.6 Å². The van der Waals surface area contributed by atoms with Crippen molar-refractivity contribution in [3.05, 3.63) is 79.6 Å². The van der Waals surface area contributed by atoms with E-state index in [9.17, 15) is 25.0 Å². The Morgan fingerprint density at radius 1 is 1.22 bits per heavy atom. The van der Waals surface area contributed by atoms with Crippen molar-refractivity contribution in [2.75, 3.05) is 0 Å². The lowest BCUT2D eigenvalue weighted by Crippen LogP contribution is -2.46. The van der Waals surface area contributed by atoms with Crippen LogP contribution in [-0.2, 0) is 16.0 Å². The number of hydrogen-bond donors (Lipinski definition) is 0. The first kappa shape index (κ1) is 16.3. The predicted molar refractivity (Wildman–Crippen MR) is 79.4 cm³/mol. The van der Waals surface area contributed by atoms with Crippen molar-refractivity contribution in [3.63, 3.8) is 0 Å². The standard InChI is InChI=1S/C15H14N2O6/c1-11(18)23-14-7-8-15(16(19)20,17(21)22)10-13(14)9-12-5-3-2-4-6-12/h2-8H,9-10H2,1H3. The number of esters is 1. The normalized spacial score (nSPS) is 16.0. The second kappa shape index (κ2) is 6.39. The molecule has 0 radical (unpaired) electrons. The summed E-state index contributed by atoms with van der Waals surface area (Å²) in [6.07, 6.45) is 1.76. The van der Waals surface area contributed by atoms with Crippen molar-refractivity contribution >= 4 is 5.97 Å². The molecule has 0 heterocycles. The van der Waals surface area contributed by atoms with Gasteiger partial charge in [-0.2, -0.15) is 0 Å². The van der Waals surface area contributed by atoms with Gasteiger partial charge in [0.1, 0.15) is 22.0 Å².